The molecular weight excluding hydrogens is 403 g/mol. The number of halogens is 1. The highest BCUT2D eigenvalue weighted by Gasteiger charge is 2.24. The fourth-order valence-electron chi connectivity index (χ4n) is 3.14. The van der Waals surface area contributed by atoms with E-state index in [0.717, 1.165) is 46.8 Å². The molecule has 0 aliphatic heterocycles. The summed E-state index contributed by atoms with van der Waals surface area (Å²) in [5, 5.41) is 7.40. The first-order valence-electron chi connectivity index (χ1n) is 8.62. The minimum atomic E-state index is -3.66. The van der Waals surface area contributed by atoms with Crippen LogP contribution in [0, 0.1) is 5.82 Å². The fraction of sp³-hybridized carbons (Fsp3) is 0.278. The molecule has 7 nitrogen and oxygen atoms in total. The number of sulfone groups is 1. The largest absolute Gasteiger partial charge is 0.302 e. The van der Waals surface area contributed by atoms with Gasteiger partial charge >= 0.3 is 0 Å². The third-order valence-electron chi connectivity index (χ3n) is 4.62. The Balaban J connectivity index is 1.43. The molecule has 146 valence electrons. The van der Waals surface area contributed by atoms with Crippen molar-refractivity contribution < 1.29 is 17.6 Å². The summed E-state index contributed by atoms with van der Waals surface area (Å²) in [5.74, 6) is -1.30. The molecule has 1 aliphatic carbocycles. The molecule has 3 aromatic rings. The first-order valence-corrected chi connectivity index (χ1v) is 11.1. The predicted molar refractivity (Wildman–Crippen MR) is 103 cm³/mol. The maximum atomic E-state index is 13.0. The average molecular weight is 420 g/mol. The van der Waals surface area contributed by atoms with Crippen molar-refractivity contribution in [2.24, 2.45) is 7.05 Å². The monoisotopic (exact) mass is 420 g/mol. The maximum absolute atomic E-state index is 13.0. The highest BCUT2D eigenvalue weighted by Crippen LogP contribution is 2.37. The Kier molecular flexibility index (Phi) is 4.76. The van der Waals surface area contributed by atoms with Crippen LogP contribution >= 0.6 is 11.3 Å². The molecule has 0 saturated heterocycles. The van der Waals surface area contributed by atoms with Gasteiger partial charge in [-0.15, -0.1) is 11.3 Å². The van der Waals surface area contributed by atoms with Crippen LogP contribution in [-0.2, 0) is 34.5 Å². The van der Waals surface area contributed by atoms with Crippen LogP contribution < -0.4 is 5.32 Å². The van der Waals surface area contributed by atoms with Crippen LogP contribution in [0.2, 0.25) is 0 Å². The summed E-state index contributed by atoms with van der Waals surface area (Å²) in [5.41, 5.74) is 2.91. The second-order valence-corrected chi connectivity index (χ2v) is 9.68. The van der Waals surface area contributed by atoms with Gasteiger partial charge in [0.1, 0.15) is 5.82 Å². The molecule has 0 atom stereocenters. The van der Waals surface area contributed by atoms with Gasteiger partial charge in [0.15, 0.2) is 15.0 Å². The van der Waals surface area contributed by atoms with Gasteiger partial charge in [0.25, 0.3) is 0 Å². The minimum Gasteiger partial charge on any atom is -0.302 e. The van der Waals surface area contributed by atoms with E-state index < -0.39 is 21.6 Å². The highest BCUT2D eigenvalue weighted by atomic mass is 32.2. The molecule has 0 saturated carbocycles. The number of thiazole rings is 1. The fourth-order valence-corrected chi connectivity index (χ4v) is 5.37. The SMILES string of the molecule is Cn1ncc2c1CCc1sc(NC(=O)CCS(=O)(=O)c3ccc(F)cc3)nc1-2. The van der Waals surface area contributed by atoms with E-state index in [-0.39, 0.29) is 17.1 Å². The summed E-state index contributed by atoms with van der Waals surface area (Å²) in [4.78, 5) is 17.8. The topological polar surface area (TPSA) is 94.0 Å². The molecule has 0 bridgehead atoms. The Morgan fingerprint density at radius 1 is 1.29 bits per heavy atom. The molecule has 4 rings (SSSR count). The molecule has 0 unspecified atom stereocenters. The molecule has 0 fully saturated rings. The van der Waals surface area contributed by atoms with Crippen molar-refractivity contribution >= 4 is 32.2 Å². The number of nitrogens with one attached hydrogen (secondary N) is 1. The van der Waals surface area contributed by atoms with Gasteiger partial charge in [-0.3, -0.25) is 9.48 Å². The second kappa shape index (κ2) is 7.10. The molecular formula is C18H17FN4O3S2. The Hall–Kier alpha value is -2.59. The first kappa shape index (κ1) is 18.8. The van der Waals surface area contributed by atoms with Crippen LogP contribution in [0.15, 0.2) is 35.4 Å². The Labute approximate surface area is 165 Å². The quantitative estimate of drug-likeness (QED) is 0.641. The zero-order valence-corrected chi connectivity index (χ0v) is 16.6. The van der Waals surface area contributed by atoms with E-state index in [1.807, 2.05) is 11.7 Å². The lowest BCUT2D eigenvalue weighted by Crippen LogP contribution is -2.17. The minimum absolute atomic E-state index is 0.00415. The number of hydrogen-bond acceptors (Lipinski definition) is 6. The van der Waals surface area contributed by atoms with Gasteiger partial charge in [0.2, 0.25) is 5.91 Å². The number of benzene rings is 1. The Morgan fingerprint density at radius 2 is 2.04 bits per heavy atom. The predicted octanol–water partition coefficient (Wildman–Crippen LogP) is 2.58. The van der Waals surface area contributed by atoms with E-state index in [2.05, 4.69) is 15.4 Å². The molecule has 1 amide bonds. The van der Waals surface area contributed by atoms with Crippen molar-refractivity contribution in [3.8, 4) is 11.3 Å². The highest BCUT2D eigenvalue weighted by molar-refractivity contribution is 7.91. The van der Waals surface area contributed by atoms with Gasteiger partial charge in [0, 0.05) is 29.6 Å². The van der Waals surface area contributed by atoms with Crippen molar-refractivity contribution in [2.75, 3.05) is 11.1 Å². The van der Waals surface area contributed by atoms with Gasteiger partial charge in [0.05, 0.1) is 22.5 Å². The summed E-state index contributed by atoms with van der Waals surface area (Å²) >= 11 is 1.40. The number of hydrogen-bond donors (Lipinski definition) is 1. The summed E-state index contributed by atoms with van der Waals surface area (Å²) < 4.78 is 39.3. The van der Waals surface area contributed by atoms with E-state index in [1.54, 1.807) is 6.20 Å². The number of aromatic nitrogens is 3. The lowest BCUT2D eigenvalue weighted by Gasteiger charge is -2.10. The molecule has 1 aliphatic rings. The zero-order valence-electron chi connectivity index (χ0n) is 15.0. The van der Waals surface area contributed by atoms with Gasteiger partial charge in [-0.05, 0) is 37.1 Å². The summed E-state index contributed by atoms with van der Waals surface area (Å²) in [7, 11) is -1.77. The third kappa shape index (κ3) is 3.57. The van der Waals surface area contributed by atoms with Crippen molar-refractivity contribution in [2.45, 2.75) is 24.2 Å². The van der Waals surface area contributed by atoms with Crippen molar-refractivity contribution in [3.05, 3.63) is 46.9 Å². The summed E-state index contributed by atoms with van der Waals surface area (Å²) in [6, 6.07) is 4.56. The van der Waals surface area contributed by atoms with Crippen LogP contribution in [0.4, 0.5) is 9.52 Å². The van der Waals surface area contributed by atoms with Crippen LogP contribution in [0.5, 0.6) is 0 Å². The molecule has 28 heavy (non-hydrogen) atoms. The zero-order chi connectivity index (χ0) is 19.9. The summed E-state index contributed by atoms with van der Waals surface area (Å²) in [6.07, 6.45) is 3.26. The normalized spacial score (nSPS) is 13.1. The third-order valence-corrected chi connectivity index (χ3v) is 7.38. The summed E-state index contributed by atoms with van der Waals surface area (Å²) in [6.45, 7) is 0. The van der Waals surface area contributed by atoms with Crippen LogP contribution in [0.1, 0.15) is 17.0 Å². The molecule has 1 N–H and O–H groups in total. The van der Waals surface area contributed by atoms with Crippen molar-refractivity contribution in [1.82, 2.24) is 14.8 Å². The first-order chi connectivity index (χ1) is 13.3. The number of carbonyl (C=O) groups excluding carboxylic acids is 1. The number of fused-ring (bicyclic) bond motifs is 3. The number of carbonyl (C=O) groups is 1. The van der Waals surface area contributed by atoms with Crippen LogP contribution in [-0.4, -0.2) is 34.8 Å². The van der Waals surface area contributed by atoms with Crippen LogP contribution in [0.3, 0.4) is 0 Å². The molecule has 2 aromatic heterocycles. The van der Waals surface area contributed by atoms with Crippen molar-refractivity contribution in [1.29, 1.82) is 0 Å². The van der Waals surface area contributed by atoms with Crippen LogP contribution in [0.25, 0.3) is 11.3 Å². The van der Waals surface area contributed by atoms with Gasteiger partial charge in [-0.2, -0.15) is 5.10 Å². The Bertz CT molecular complexity index is 1150. The maximum Gasteiger partial charge on any atom is 0.227 e. The number of rotatable bonds is 5. The molecule has 0 radical (unpaired) electrons. The Morgan fingerprint density at radius 3 is 2.79 bits per heavy atom. The number of anilines is 1. The van der Waals surface area contributed by atoms with E-state index in [9.17, 15) is 17.6 Å². The lowest BCUT2D eigenvalue weighted by atomic mass is 10.0. The lowest BCUT2D eigenvalue weighted by molar-refractivity contribution is -0.115. The number of aryl methyl sites for hydroxylation is 2. The van der Waals surface area contributed by atoms with E-state index in [1.165, 1.54) is 23.5 Å². The molecule has 10 heteroatoms. The number of amides is 1. The standard InChI is InChI=1S/C18H17FN4O3S2/c1-23-14-6-7-15-17(13(14)10-20-23)22-18(27-15)21-16(24)8-9-28(25,26)12-4-2-11(19)3-5-12/h2-5,10H,6-9H2,1H3,(H,21,22,24). The average Bonchev–Trinajstić information content (AvgIpc) is 3.23. The van der Waals surface area contributed by atoms with E-state index >= 15 is 0 Å². The van der Waals surface area contributed by atoms with Gasteiger partial charge in [-0.25, -0.2) is 17.8 Å². The smallest absolute Gasteiger partial charge is 0.227 e. The molecule has 2 heterocycles. The van der Waals surface area contributed by atoms with Gasteiger partial charge < -0.3 is 5.32 Å². The van der Waals surface area contributed by atoms with Gasteiger partial charge in [-0.1, -0.05) is 0 Å². The van der Waals surface area contributed by atoms with E-state index in [0.29, 0.717) is 5.13 Å². The molecule has 1 aromatic carbocycles. The number of nitrogens with zero attached hydrogens (tertiary/aromatic N) is 3. The van der Waals surface area contributed by atoms with E-state index in [4.69, 9.17) is 0 Å². The molecule has 0 spiro atoms. The second-order valence-electron chi connectivity index (χ2n) is 6.49. The van der Waals surface area contributed by atoms with Crippen molar-refractivity contribution in [3.63, 3.8) is 0 Å².